The number of carbonyl (C=O) groups excluding carboxylic acids is 2. The number of hydrogen-bond acceptors (Lipinski definition) is 6. The molecule has 2 heterocycles. The average molecular weight is 652 g/mol. The first-order chi connectivity index (χ1) is 21.3. The fraction of sp³-hybridized carbons (Fsp3) is 0. The van der Waals surface area contributed by atoms with Gasteiger partial charge in [0, 0.05) is 21.2 Å². The summed E-state index contributed by atoms with van der Waals surface area (Å²) < 4.78 is 0. The maximum atomic E-state index is 13.9. The van der Waals surface area contributed by atoms with Gasteiger partial charge in [-0.15, -0.1) is 0 Å². The van der Waals surface area contributed by atoms with Crippen molar-refractivity contribution < 1.29 is 9.59 Å². The molecule has 6 nitrogen and oxygen atoms in total. The van der Waals surface area contributed by atoms with Gasteiger partial charge in [0.15, 0.2) is 9.98 Å². The fourth-order valence-corrected chi connectivity index (χ4v) is 5.54. The van der Waals surface area contributed by atoms with Gasteiger partial charge in [-0.3, -0.25) is 9.59 Å². The highest BCUT2D eigenvalue weighted by molar-refractivity contribution is 7.89. The van der Waals surface area contributed by atoms with E-state index in [1.54, 1.807) is 48.6 Å². The third-order valence-electron chi connectivity index (χ3n) is 6.77. The highest BCUT2D eigenvalue weighted by atomic mass is 35.5. The molecule has 2 aliphatic rings. The van der Waals surface area contributed by atoms with E-state index in [4.69, 9.17) is 47.6 Å². The molecule has 2 amide bonds. The van der Waals surface area contributed by atoms with Crippen molar-refractivity contribution in [3.05, 3.63) is 153 Å². The van der Waals surface area contributed by atoms with Crippen LogP contribution in [0.25, 0.3) is 12.2 Å². The Morgan fingerprint density at radius 3 is 1.25 bits per heavy atom. The van der Waals surface area contributed by atoms with E-state index in [-0.39, 0.29) is 33.0 Å². The first kappa shape index (κ1) is 29.5. The first-order valence-corrected chi connectivity index (χ1v) is 14.9. The van der Waals surface area contributed by atoms with Gasteiger partial charge >= 0.3 is 0 Å². The lowest BCUT2D eigenvalue weighted by Gasteiger charge is -2.25. The Labute approximate surface area is 274 Å². The standard InChI is InChI=1S/C34H20Cl2N4O2S2/c35-25-17-9-7-15-23(25)19-27-31(41)39(29(37-27)21-11-3-1-4-12-21)33(43)34(44)40-30(22-13-5-2-6-14-22)38-28(32(40)42)20-24-16-8-10-18-26(24)36/h1-20H/b27-19-,28-20+. The first-order valence-electron chi connectivity index (χ1n) is 13.3. The smallest absolute Gasteiger partial charge is 0.266 e. The predicted molar refractivity (Wildman–Crippen MR) is 184 cm³/mol. The summed E-state index contributed by atoms with van der Waals surface area (Å²) in [5.41, 5.74) is 2.74. The highest BCUT2D eigenvalue weighted by Gasteiger charge is 2.41. The van der Waals surface area contributed by atoms with Gasteiger partial charge < -0.3 is 0 Å². The normalized spacial score (nSPS) is 16.5. The number of aliphatic imine (C=N–C) groups is 2. The number of thiocarbonyl (C=S) groups is 2. The topological polar surface area (TPSA) is 65.3 Å². The Morgan fingerprint density at radius 2 is 0.886 bits per heavy atom. The molecule has 0 aromatic heterocycles. The summed E-state index contributed by atoms with van der Waals surface area (Å²) in [5, 5.41) is 0.926. The van der Waals surface area contributed by atoms with Crippen LogP contribution in [0.15, 0.2) is 131 Å². The SMILES string of the molecule is O=C1/C(=C/c2ccccc2Cl)N=C(c2ccccc2)N1C(=S)C(=S)N1C(=O)/C(=C\c2ccccc2Cl)N=C1c1ccccc1. The number of carbonyl (C=O) groups is 2. The Hall–Kier alpha value is -4.60. The van der Waals surface area contributed by atoms with Crippen LogP contribution in [0.1, 0.15) is 22.3 Å². The Morgan fingerprint density at radius 1 is 0.545 bits per heavy atom. The van der Waals surface area contributed by atoms with Gasteiger partial charge in [0.05, 0.1) is 0 Å². The molecule has 0 bridgehead atoms. The summed E-state index contributed by atoms with van der Waals surface area (Å²) in [4.78, 5) is 39.5. The van der Waals surface area contributed by atoms with E-state index < -0.39 is 11.8 Å². The predicted octanol–water partition coefficient (Wildman–Crippen LogP) is 7.61. The molecule has 0 saturated heterocycles. The minimum Gasteiger partial charge on any atom is -0.266 e. The maximum Gasteiger partial charge on any atom is 0.283 e. The number of amides is 2. The lowest BCUT2D eigenvalue weighted by molar-refractivity contribution is -0.121. The van der Waals surface area contributed by atoms with Gasteiger partial charge in [0.1, 0.15) is 23.1 Å². The van der Waals surface area contributed by atoms with E-state index in [0.717, 1.165) is 0 Å². The molecule has 4 aromatic carbocycles. The summed E-state index contributed by atoms with van der Waals surface area (Å²) >= 11 is 24.5. The Bertz CT molecular complexity index is 1830. The zero-order valence-corrected chi connectivity index (χ0v) is 25.9. The molecule has 0 spiro atoms. The third-order valence-corrected chi connectivity index (χ3v) is 8.34. The van der Waals surface area contributed by atoms with Crippen molar-refractivity contribution >= 4 is 93.3 Å². The Kier molecular flexibility index (Phi) is 8.41. The van der Waals surface area contributed by atoms with Crippen molar-refractivity contribution in [2.45, 2.75) is 0 Å². The van der Waals surface area contributed by atoms with E-state index in [1.807, 2.05) is 72.8 Å². The molecule has 0 radical (unpaired) electrons. The molecule has 0 aliphatic carbocycles. The van der Waals surface area contributed by atoms with Crippen LogP contribution in [0.4, 0.5) is 0 Å². The molecule has 6 rings (SSSR count). The fourth-order valence-electron chi connectivity index (χ4n) is 4.64. The van der Waals surface area contributed by atoms with Crippen LogP contribution in [0.3, 0.4) is 0 Å². The van der Waals surface area contributed by atoms with E-state index in [1.165, 1.54) is 9.80 Å². The Balaban J connectivity index is 1.41. The second-order valence-corrected chi connectivity index (χ2v) is 11.2. The number of rotatable bonds is 4. The van der Waals surface area contributed by atoms with Crippen molar-refractivity contribution in [3.8, 4) is 0 Å². The molecular formula is C34H20Cl2N4O2S2. The van der Waals surface area contributed by atoms with E-state index in [9.17, 15) is 9.59 Å². The van der Waals surface area contributed by atoms with E-state index >= 15 is 0 Å². The highest BCUT2D eigenvalue weighted by Crippen LogP contribution is 2.29. The number of halogens is 2. The van der Waals surface area contributed by atoms with E-state index in [0.29, 0.717) is 32.3 Å². The van der Waals surface area contributed by atoms with E-state index in [2.05, 4.69) is 9.98 Å². The van der Waals surface area contributed by atoms with Crippen molar-refractivity contribution in [1.29, 1.82) is 0 Å². The summed E-state index contributed by atoms with van der Waals surface area (Å²) in [6, 6.07) is 32.5. The quantitative estimate of drug-likeness (QED) is 0.168. The van der Waals surface area contributed by atoms with Gasteiger partial charge in [0.2, 0.25) is 0 Å². The van der Waals surface area contributed by atoms with Gasteiger partial charge in [-0.2, -0.15) is 0 Å². The second kappa shape index (κ2) is 12.6. The number of hydrogen-bond donors (Lipinski definition) is 0. The number of benzene rings is 4. The largest absolute Gasteiger partial charge is 0.283 e. The molecule has 4 aromatic rings. The summed E-state index contributed by atoms with van der Waals surface area (Å²) in [5.74, 6) is -0.462. The lowest BCUT2D eigenvalue weighted by atomic mass is 10.1. The van der Waals surface area contributed by atoms with Gasteiger partial charge in [-0.1, -0.05) is 145 Å². The summed E-state index contributed by atoms with van der Waals surface area (Å²) in [6.07, 6.45) is 3.20. The average Bonchev–Trinajstić information content (AvgIpc) is 3.55. The van der Waals surface area contributed by atoms with Crippen LogP contribution in [0.5, 0.6) is 0 Å². The monoisotopic (exact) mass is 650 g/mol. The minimum atomic E-state index is -0.507. The summed E-state index contributed by atoms with van der Waals surface area (Å²) in [6.45, 7) is 0. The van der Waals surface area contributed by atoms with Crippen LogP contribution in [0, 0.1) is 0 Å². The molecule has 0 atom stereocenters. The zero-order chi connectivity index (χ0) is 30.8. The zero-order valence-electron chi connectivity index (χ0n) is 22.7. The van der Waals surface area contributed by atoms with Crippen molar-refractivity contribution in [2.24, 2.45) is 9.98 Å². The molecule has 214 valence electrons. The maximum absolute atomic E-state index is 13.9. The molecule has 10 heteroatoms. The third kappa shape index (κ3) is 5.68. The molecule has 0 saturated carbocycles. The van der Waals surface area contributed by atoms with Crippen LogP contribution >= 0.6 is 47.6 Å². The summed E-state index contributed by atoms with van der Waals surface area (Å²) in [7, 11) is 0. The molecular weight excluding hydrogens is 631 g/mol. The van der Waals surface area contributed by atoms with Crippen molar-refractivity contribution in [3.63, 3.8) is 0 Å². The molecule has 0 unspecified atom stereocenters. The van der Waals surface area contributed by atoms with Gasteiger partial charge in [-0.05, 0) is 35.4 Å². The number of amidine groups is 2. The number of nitrogens with zero attached hydrogens (tertiary/aromatic N) is 4. The molecule has 0 N–H and O–H groups in total. The van der Waals surface area contributed by atoms with Crippen molar-refractivity contribution in [2.75, 3.05) is 0 Å². The minimum absolute atomic E-state index is 0.0777. The molecule has 0 fully saturated rings. The van der Waals surface area contributed by atoms with Gasteiger partial charge in [0.25, 0.3) is 11.8 Å². The van der Waals surface area contributed by atoms with Crippen LogP contribution in [-0.2, 0) is 9.59 Å². The lowest BCUT2D eigenvalue weighted by Crippen LogP contribution is -2.49. The van der Waals surface area contributed by atoms with Crippen LogP contribution in [0.2, 0.25) is 10.0 Å². The van der Waals surface area contributed by atoms with Crippen LogP contribution < -0.4 is 0 Å². The molecule has 2 aliphatic heterocycles. The second-order valence-electron chi connectivity index (χ2n) is 9.60. The van der Waals surface area contributed by atoms with Gasteiger partial charge in [-0.25, -0.2) is 19.8 Å². The molecule has 44 heavy (non-hydrogen) atoms. The van der Waals surface area contributed by atoms with Crippen molar-refractivity contribution in [1.82, 2.24) is 9.80 Å². The van der Waals surface area contributed by atoms with Crippen LogP contribution in [-0.4, -0.2) is 43.3 Å².